The molecule has 0 bridgehead atoms. The van der Waals surface area contributed by atoms with Gasteiger partial charge in [-0.05, 0) is 42.3 Å². The molecule has 0 aliphatic heterocycles. The largest absolute Gasteiger partial charge is 0.446 e. The number of hydrogen-bond acceptors (Lipinski definition) is 2. The van der Waals surface area contributed by atoms with Gasteiger partial charge in [-0.25, -0.2) is 0 Å². The van der Waals surface area contributed by atoms with E-state index in [0.29, 0.717) is 0 Å². The number of hydrogen-bond donors (Lipinski definition) is 1. The molecule has 2 N–H and O–H groups in total. The van der Waals surface area contributed by atoms with Crippen LogP contribution in [0.1, 0.15) is 24.4 Å². The summed E-state index contributed by atoms with van der Waals surface area (Å²) in [4.78, 5) is 0.178. The molecule has 0 saturated heterocycles. The van der Waals surface area contributed by atoms with Crippen LogP contribution in [-0.2, 0) is 0 Å². The average molecular weight is 261 g/mol. The molecule has 0 aliphatic rings. The van der Waals surface area contributed by atoms with E-state index >= 15 is 0 Å². The summed E-state index contributed by atoms with van der Waals surface area (Å²) < 4.78 is 36.3. The Hall–Kier alpha value is -0.940. The van der Waals surface area contributed by atoms with Crippen molar-refractivity contribution in [2.45, 2.75) is 29.3 Å². The van der Waals surface area contributed by atoms with Gasteiger partial charge in [-0.3, -0.25) is 0 Å². The molecule has 5 heteroatoms. The Morgan fingerprint density at radius 1 is 1.29 bits per heavy atom. The topological polar surface area (TPSA) is 26.0 Å². The molecule has 1 rings (SSSR count). The zero-order valence-corrected chi connectivity index (χ0v) is 10.0. The van der Waals surface area contributed by atoms with E-state index in [1.54, 1.807) is 18.2 Å². The zero-order chi connectivity index (χ0) is 12.9. The maximum Gasteiger partial charge on any atom is 0.446 e. The number of alkyl halides is 3. The van der Waals surface area contributed by atoms with Crippen LogP contribution in [0.25, 0.3) is 0 Å². The van der Waals surface area contributed by atoms with Gasteiger partial charge in [0.15, 0.2) is 0 Å². The number of nitrogens with two attached hydrogens (primary N) is 1. The van der Waals surface area contributed by atoms with Crippen molar-refractivity contribution in [3.63, 3.8) is 0 Å². The standard InChI is InChI=1S/C12H14F3NS/c1-2-3-4-11(16)9-5-7-10(8-6-9)17-12(13,14)15/h2,5-8,11H,1,3-4,16H2/t11-/m0/s1. The fourth-order valence-corrected chi connectivity index (χ4v) is 1.92. The molecule has 1 nitrogen and oxygen atoms in total. The van der Waals surface area contributed by atoms with Crippen molar-refractivity contribution in [1.82, 2.24) is 0 Å². The van der Waals surface area contributed by atoms with E-state index in [0.717, 1.165) is 18.4 Å². The van der Waals surface area contributed by atoms with Gasteiger partial charge in [-0.15, -0.1) is 6.58 Å². The molecule has 0 unspecified atom stereocenters. The van der Waals surface area contributed by atoms with Crippen LogP contribution < -0.4 is 5.73 Å². The van der Waals surface area contributed by atoms with Crippen molar-refractivity contribution in [3.8, 4) is 0 Å². The summed E-state index contributed by atoms with van der Waals surface area (Å²) in [6.07, 6.45) is 3.31. The van der Waals surface area contributed by atoms with Gasteiger partial charge in [0, 0.05) is 10.9 Å². The Kier molecular flexibility index (Phi) is 5.08. The van der Waals surface area contributed by atoms with Crippen molar-refractivity contribution >= 4 is 11.8 Å². The van der Waals surface area contributed by atoms with Gasteiger partial charge in [0.05, 0.1) is 0 Å². The van der Waals surface area contributed by atoms with E-state index in [1.165, 1.54) is 12.1 Å². The van der Waals surface area contributed by atoms with Crippen molar-refractivity contribution < 1.29 is 13.2 Å². The van der Waals surface area contributed by atoms with Crippen molar-refractivity contribution in [3.05, 3.63) is 42.5 Å². The van der Waals surface area contributed by atoms with Crippen LogP contribution in [0.2, 0.25) is 0 Å². The molecule has 1 atom stereocenters. The predicted octanol–water partition coefficient (Wildman–Crippen LogP) is 4.26. The quantitative estimate of drug-likeness (QED) is 0.633. The molecule has 0 heterocycles. The van der Waals surface area contributed by atoms with E-state index in [9.17, 15) is 13.2 Å². The van der Waals surface area contributed by atoms with Gasteiger partial charge in [-0.1, -0.05) is 18.2 Å². The summed E-state index contributed by atoms with van der Waals surface area (Å²) in [7, 11) is 0. The summed E-state index contributed by atoms with van der Waals surface area (Å²) >= 11 is -0.118. The highest BCUT2D eigenvalue weighted by atomic mass is 32.2. The molecular weight excluding hydrogens is 247 g/mol. The summed E-state index contributed by atoms with van der Waals surface area (Å²) in [5.74, 6) is 0. The summed E-state index contributed by atoms with van der Waals surface area (Å²) in [6, 6.07) is 6.02. The number of halogens is 3. The first-order valence-corrected chi connectivity index (χ1v) is 5.96. The van der Waals surface area contributed by atoms with Crippen LogP contribution in [0.15, 0.2) is 41.8 Å². The van der Waals surface area contributed by atoms with Gasteiger partial charge in [-0.2, -0.15) is 13.2 Å². The van der Waals surface area contributed by atoms with Crippen LogP contribution in [0.3, 0.4) is 0 Å². The SMILES string of the molecule is C=CCC[C@H](N)c1ccc(SC(F)(F)F)cc1. The molecule has 94 valence electrons. The van der Waals surface area contributed by atoms with E-state index in [1.807, 2.05) is 0 Å². The van der Waals surface area contributed by atoms with Crippen LogP contribution >= 0.6 is 11.8 Å². The predicted molar refractivity (Wildman–Crippen MR) is 64.7 cm³/mol. The monoisotopic (exact) mass is 261 g/mol. The highest BCUT2D eigenvalue weighted by Crippen LogP contribution is 2.37. The Morgan fingerprint density at radius 3 is 2.35 bits per heavy atom. The number of benzene rings is 1. The molecule has 1 aromatic rings. The third-order valence-corrected chi connectivity index (χ3v) is 2.96. The second-order valence-corrected chi connectivity index (χ2v) is 4.73. The molecule has 0 aromatic heterocycles. The first-order chi connectivity index (χ1) is 7.92. The molecule has 17 heavy (non-hydrogen) atoms. The fraction of sp³-hybridized carbons (Fsp3) is 0.333. The molecule has 0 spiro atoms. The third-order valence-electron chi connectivity index (χ3n) is 2.22. The average Bonchev–Trinajstić information content (AvgIpc) is 2.24. The second-order valence-electron chi connectivity index (χ2n) is 3.59. The van der Waals surface area contributed by atoms with Crippen LogP contribution in [0.5, 0.6) is 0 Å². The molecule has 0 radical (unpaired) electrons. The van der Waals surface area contributed by atoms with Gasteiger partial charge in [0.25, 0.3) is 0 Å². The van der Waals surface area contributed by atoms with Crippen LogP contribution in [0, 0.1) is 0 Å². The smallest absolute Gasteiger partial charge is 0.324 e. The molecule has 0 amide bonds. The second kappa shape index (κ2) is 6.12. The Bertz CT molecular complexity index is 359. The van der Waals surface area contributed by atoms with E-state index in [4.69, 9.17) is 5.73 Å². The van der Waals surface area contributed by atoms with Gasteiger partial charge in [0.2, 0.25) is 0 Å². The molecule has 1 aromatic carbocycles. The Balaban J connectivity index is 2.64. The molecule has 0 fully saturated rings. The first kappa shape index (κ1) is 14.1. The zero-order valence-electron chi connectivity index (χ0n) is 9.20. The summed E-state index contributed by atoms with van der Waals surface area (Å²) in [6.45, 7) is 3.60. The molecular formula is C12H14F3NS. The van der Waals surface area contributed by atoms with Gasteiger partial charge in [0.1, 0.15) is 0 Å². The molecule has 0 saturated carbocycles. The minimum atomic E-state index is -4.24. The van der Waals surface area contributed by atoms with Crippen molar-refractivity contribution in [1.29, 1.82) is 0 Å². The summed E-state index contributed by atoms with van der Waals surface area (Å²) in [5, 5.41) is 0. The Morgan fingerprint density at radius 2 is 1.88 bits per heavy atom. The lowest BCUT2D eigenvalue weighted by atomic mass is 10.0. The lowest BCUT2D eigenvalue weighted by Crippen LogP contribution is -2.09. The van der Waals surface area contributed by atoms with Crippen LogP contribution in [0.4, 0.5) is 13.2 Å². The fourth-order valence-electron chi connectivity index (χ4n) is 1.38. The van der Waals surface area contributed by atoms with E-state index in [-0.39, 0.29) is 22.7 Å². The van der Waals surface area contributed by atoms with Gasteiger partial charge >= 0.3 is 5.51 Å². The van der Waals surface area contributed by atoms with Crippen molar-refractivity contribution in [2.75, 3.05) is 0 Å². The minimum absolute atomic E-state index is 0.118. The summed E-state index contributed by atoms with van der Waals surface area (Å²) in [5.41, 5.74) is 2.48. The maximum absolute atomic E-state index is 12.1. The highest BCUT2D eigenvalue weighted by Gasteiger charge is 2.29. The lowest BCUT2D eigenvalue weighted by Gasteiger charge is -2.11. The molecule has 0 aliphatic carbocycles. The van der Waals surface area contributed by atoms with Crippen molar-refractivity contribution in [2.24, 2.45) is 5.73 Å². The Labute approximate surface area is 103 Å². The van der Waals surface area contributed by atoms with E-state index in [2.05, 4.69) is 6.58 Å². The highest BCUT2D eigenvalue weighted by molar-refractivity contribution is 8.00. The van der Waals surface area contributed by atoms with Crippen LogP contribution in [-0.4, -0.2) is 5.51 Å². The maximum atomic E-state index is 12.1. The lowest BCUT2D eigenvalue weighted by molar-refractivity contribution is -0.0328. The first-order valence-electron chi connectivity index (χ1n) is 5.14. The minimum Gasteiger partial charge on any atom is -0.324 e. The third kappa shape index (κ3) is 5.28. The normalized spacial score (nSPS) is 13.4. The van der Waals surface area contributed by atoms with Gasteiger partial charge < -0.3 is 5.73 Å². The number of thioether (sulfide) groups is 1. The number of rotatable bonds is 5. The van der Waals surface area contributed by atoms with E-state index < -0.39 is 5.51 Å². The number of allylic oxidation sites excluding steroid dienone is 1.